The van der Waals surface area contributed by atoms with Crippen LogP contribution in [-0.4, -0.2) is 34.1 Å². The van der Waals surface area contributed by atoms with Gasteiger partial charge in [0.05, 0.1) is 6.54 Å². The van der Waals surface area contributed by atoms with Gasteiger partial charge < -0.3 is 18.6 Å². The summed E-state index contributed by atoms with van der Waals surface area (Å²) in [6, 6.07) is 5.44. The van der Waals surface area contributed by atoms with Gasteiger partial charge in [0.15, 0.2) is 11.9 Å². The number of carbonyl (C=O) groups is 1. The highest BCUT2D eigenvalue weighted by atomic mass is 16.5. The summed E-state index contributed by atoms with van der Waals surface area (Å²) < 4.78 is 16.8. The monoisotopic (exact) mass is 437 g/mol. The third-order valence-corrected chi connectivity index (χ3v) is 6.55. The fourth-order valence-corrected chi connectivity index (χ4v) is 4.51. The number of amides is 1. The Morgan fingerprint density at radius 2 is 2.00 bits per heavy atom. The Balaban J connectivity index is 1.27. The zero-order valence-corrected chi connectivity index (χ0v) is 18.4. The van der Waals surface area contributed by atoms with Gasteiger partial charge in [-0.1, -0.05) is 11.6 Å². The van der Waals surface area contributed by atoms with E-state index in [0.29, 0.717) is 29.0 Å². The third kappa shape index (κ3) is 3.89. The average Bonchev–Trinajstić information content (AvgIpc) is 3.19. The number of benzene rings is 1. The molecule has 168 valence electrons. The number of ether oxygens (including phenoxy) is 1. The van der Waals surface area contributed by atoms with Crippen LogP contribution in [0.15, 0.2) is 31.9 Å². The molecule has 1 atom stereocenters. The van der Waals surface area contributed by atoms with Gasteiger partial charge in [-0.05, 0) is 63.1 Å². The molecule has 1 aromatic carbocycles. The molecule has 1 saturated carbocycles. The quantitative estimate of drug-likeness (QED) is 0.542. The lowest BCUT2D eigenvalue weighted by Gasteiger charge is -2.21. The molecule has 0 saturated heterocycles. The molecule has 0 spiro atoms. The molecular formula is C24H27N3O5. The van der Waals surface area contributed by atoms with Crippen LogP contribution in [0, 0.1) is 0 Å². The van der Waals surface area contributed by atoms with E-state index in [1.807, 2.05) is 12.1 Å². The maximum absolute atomic E-state index is 12.8. The Kier molecular flexibility index (Phi) is 5.45. The predicted octanol–water partition coefficient (Wildman–Crippen LogP) is 3.75. The number of rotatable bonds is 6. The summed E-state index contributed by atoms with van der Waals surface area (Å²) >= 11 is 0. The minimum absolute atomic E-state index is 0.202. The van der Waals surface area contributed by atoms with Crippen LogP contribution in [0.3, 0.4) is 0 Å². The van der Waals surface area contributed by atoms with Crippen LogP contribution in [0.4, 0.5) is 0 Å². The predicted molar refractivity (Wildman–Crippen MR) is 117 cm³/mol. The molecule has 5 rings (SSSR count). The van der Waals surface area contributed by atoms with Gasteiger partial charge in [-0.25, -0.2) is 4.79 Å². The largest absolute Gasteiger partial charge is 0.481 e. The number of carbonyl (C=O) groups excluding carboxylic acids is 1. The van der Waals surface area contributed by atoms with Gasteiger partial charge in [-0.3, -0.25) is 4.79 Å². The molecule has 3 aromatic rings. The van der Waals surface area contributed by atoms with E-state index in [2.05, 4.69) is 10.1 Å². The summed E-state index contributed by atoms with van der Waals surface area (Å²) in [5.41, 5.74) is 2.11. The summed E-state index contributed by atoms with van der Waals surface area (Å²) in [5.74, 6) is 1.80. The SMILES string of the molecule is CC(Oc1ccc2c3c(c(=O)oc2c1)CCCC3)C(=O)N(C)Cc1noc(C2CCC2)n1. The number of nitrogens with zero attached hydrogens (tertiary/aromatic N) is 3. The number of fused-ring (bicyclic) bond motifs is 3. The van der Waals surface area contributed by atoms with Gasteiger partial charge in [0.25, 0.3) is 5.91 Å². The molecule has 2 aliphatic carbocycles. The Hall–Kier alpha value is -3.16. The van der Waals surface area contributed by atoms with Crippen molar-refractivity contribution in [3.8, 4) is 5.75 Å². The van der Waals surface area contributed by atoms with Crippen molar-refractivity contribution in [1.82, 2.24) is 15.0 Å². The molecule has 8 nitrogen and oxygen atoms in total. The van der Waals surface area contributed by atoms with Gasteiger partial charge in [0, 0.05) is 30.0 Å². The smallest absolute Gasteiger partial charge is 0.339 e. The molecule has 2 heterocycles. The van der Waals surface area contributed by atoms with Crippen molar-refractivity contribution in [2.75, 3.05) is 7.05 Å². The molecule has 0 aliphatic heterocycles. The molecule has 32 heavy (non-hydrogen) atoms. The van der Waals surface area contributed by atoms with Gasteiger partial charge in [-0.2, -0.15) is 4.98 Å². The van der Waals surface area contributed by atoms with E-state index in [-0.39, 0.29) is 18.1 Å². The number of likely N-dealkylation sites (N-methyl/N-ethyl adjacent to an activating group) is 1. The van der Waals surface area contributed by atoms with Crippen LogP contribution >= 0.6 is 0 Å². The Morgan fingerprint density at radius 3 is 2.75 bits per heavy atom. The number of hydrogen-bond donors (Lipinski definition) is 0. The minimum Gasteiger partial charge on any atom is -0.481 e. The van der Waals surface area contributed by atoms with Crippen LogP contribution in [0.25, 0.3) is 11.0 Å². The Bertz CT molecular complexity index is 1210. The summed E-state index contributed by atoms with van der Waals surface area (Å²) in [5, 5.41) is 4.95. The van der Waals surface area contributed by atoms with Crippen molar-refractivity contribution >= 4 is 16.9 Å². The highest BCUT2D eigenvalue weighted by Gasteiger charge is 2.27. The van der Waals surface area contributed by atoms with Crippen molar-refractivity contribution in [3.63, 3.8) is 0 Å². The molecule has 0 N–H and O–H groups in total. The van der Waals surface area contributed by atoms with Crippen LogP contribution in [0.5, 0.6) is 5.75 Å². The summed E-state index contributed by atoms with van der Waals surface area (Å²) in [6.45, 7) is 1.95. The van der Waals surface area contributed by atoms with Gasteiger partial charge in [0.1, 0.15) is 11.3 Å². The highest BCUT2D eigenvalue weighted by Crippen LogP contribution is 2.35. The van der Waals surface area contributed by atoms with Crippen molar-refractivity contribution in [2.24, 2.45) is 0 Å². The molecule has 1 amide bonds. The van der Waals surface area contributed by atoms with E-state index in [1.165, 1.54) is 11.3 Å². The molecule has 0 bridgehead atoms. The van der Waals surface area contributed by atoms with E-state index in [4.69, 9.17) is 13.7 Å². The van der Waals surface area contributed by atoms with E-state index < -0.39 is 6.10 Å². The number of aromatic nitrogens is 2. The first kappa shape index (κ1) is 20.7. The maximum atomic E-state index is 12.8. The molecule has 8 heteroatoms. The van der Waals surface area contributed by atoms with Crippen molar-refractivity contribution in [1.29, 1.82) is 0 Å². The van der Waals surface area contributed by atoms with Gasteiger partial charge in [0.2, 0.25) is 5.89 Å². The average molecular weight is 437 g/mol. The van der Waals surface area contributed by atoms with Crippen LogP contribution in [0.1, 0.15) is 67.8 Å². The first-order chi connectivity index (χ1) is 15.5. The standard InChI is InChI=1S/C24H27N3O5/c1-14(23(28)27(2)13-21-25-22(32-26-21)15-6-5-7-15)30-16-10-11-18-17-8-3-4-9-19(17)24(29)31-20(18)12-16/h10-12,14-15H,3-9,13H2,1-2H3. The summed E-state index contributed by atoms with van der Waals surface area (Å²) in [7, 11) is 1.69. The van der Waals surface area contributed by atoms with Crippen molar-refractivity contribution in [2.45, 2.75) is 70.4 Å². The first-order valence-corrected chi connectivity index (χ1v) is 11.3. The fourth-order valence-electron chi connectivity index (χ4n) is 4.51. The molecular weight excluding hydrogens is 410 g/mol. The minimum atomic E-state index is -0.722. The van der Waals surface area contributed by atoms with Crippen LogP contribution in [-0.2, 0) is 24.2 Å². The first-order valence-electron chi connectivity index (χ1n) is 11.3. The molecule has 2 aliphatic rings. The summed E-state index contributed by atoms with van der Waals surface area (Å²) in [4.78, 5) is 31.1. The molecule has 1 fully saturated rings. The fraction of sp³-hybridized carbons (Fsp3) is 0.500. The van der Waals surface area contributed by atoms with Gasteiger partial charge in [-0.15, -0.1) is 0 Å². The third-order valence-electron chi connectivity index (χ3n) is 6.55. The maximum Gasteiger partial charge on any atom is 0.339 e. The molecule has 1 unspecified atom stereocenters. The lowest BCUT2D eigenvalue weighted by atomic mass is 9.85. The second-order valence-corrected chi connectivity index (χ2v) is 8.84. The van der Waals surface area contributed by atoms with Crippen LogP contribution in [0.2, 0.25) is 0 Å². The Labute approximate surface area is 185 Å². The molecule has 2 aromatic heterocycles. The normalized spacial score (nSPS) is 16.9. The molecule has 0 radical (unpaired) electrons. The second kappa shape index (κ2) is 8.41. The zero-order chi connectivity index (χ0) is 22.2. The number of aryl methyl sites for hydroxylation is 1. The van der Waals surface area contributed by atoms with Gasteiger partial charge >= 0.3 is 5.63 Å². The van der Waals surface area contributed by atoms with E-state index in [1.54, 1.807) is 20.0 Å². The summed E-state index contributed by atoms with van der Waals surface area (Å²) in [6.07, 6.45) is 6.37. The topological polar surface area (TPSA) is 98.7 Å². The van der Waals surface area contributed by atoms with E-state index in [0.717, 1.165) is 55.0 Å². The second-order valence-electron chi connectivity index (χ2n) is 8.84. The van der Waals surface area contributed by atoms with Crippen molar-refractivity contribution in [3.05, 3.63) is 51.5 Å². The zero-order valence-electron chi connectivity index (χ0n) is 18.4. The Morgan fingerprint density at radius 1 is 1.22 bits per heavy atom. The van der Waals surface area contributed by atoms with E-state index >= 15 is 0 Å². The van der Waals surface area contributed by atoms with Crippen molar-refractivity contribution < 1.29 is 18.5 Å². The van der Waals surface area contributed by atoms with E-state index in [9.17, 15) is 9.59 Å². The lowest BCUT2D eigenvalue weighted by molar-refractivity contribution is -0.137. The van der Waals surface area contributed by atoms with Crippen LogP contribution < -0.4 is 10.4 Å². The number of hydrogen-bond acceptors (Lipinski definition) is 7. The lowest BCUT2D eigenvalue weighted by Crippen LogP contribution is -2.37. The highest BCUT2D eigenvalue weighted by molar-refractivity contribution is 5.83.